The van der Waals surface area contributed by atoms with Gasteiger partial charge in [-0.05, 0) is 32.0 Å². The molecular formula is C8H19FOSi. The Kier molecular flexibility index (Phi) is 4.93. The van der Waals surface area contributed by atoms with Gasteiger partial charge in [-0.1, -0.05) is 13.3 Å². The van der Waals surface area contributed by atoms with E-state index in [2.05, 4.69) is 0 Å². The second-order valence-corrected chi connectivity index (χ2v) is 7.61. The first kappa shape index (κ1) is 11.1. The Hall–Kier alpha value is 0.107. The highest BCUT2D eigenvalue weighted by atomic mass is 28.4. The van der Waals surface area contributed by atoms with Gasteiger partial charge in [-0.3, -0.25) is 0 Å². The summed E-state index contributed by atoms with van der Waals surface area (Å²) in [6, 6.07) is 0.685. The summed E-state index contributed by atoms with van der Waals surface area (Å²) in [6.45, 7) is 5.37. The molecule has 0 bridgehead atoms. The zero-order valence-corrected chi connectivity index (χ0v) is 8.73. The van der Waals surface area contributed by atoms with Gasteiger partial charge >= 0.3 is 0 Å². The number of hydrogen-bond acceptors (Lipinski definition) is 1. The summed E-state index contributed by atoms with van der Waals surface area (Å²) in [5.41, 5.74) is 0. The van der Waals surface area contributed by atoms with Gasteiger partial charge in [0.05, 0.1) is 6.10 Å². The molecule has 0 aromatic rings. The first-order valence-electron chi connectivity index (χ1n) is 4.32. The second kappa shape index (κ2) is 4.88. The third-order valence-electron chi connectivity index (χ3n) is 1.78. The number of rotatable bonds is 5. The Bertz CT molecular complexity index is 101. The van der Waals surface area contributed by atoms with Gasteiger partial charge in [0.2, 0.25) is 8.41 Å². The van der Waals surface area contributed by atoms with Crippen molar-refractivity contribution in [3.63, 3.8) is 0 Å². The largest absolute Gasteiger partial charge is 0.393 e. The van der Waals surface area contributed by atoms with Crippen molar-refractivity contribution in [2.45, 2.75) is 51.4 Å². The van der Waals surface area contributed by atoms with Gasteiger partial charge in [0.15, 0.2) is 0 Å². The van der Waals surface area contributed by atoms with Crippen molar-refractivity contribution >= 4 is 8.41 Å². The monoisotopic (exact) mass is 178 g/mol. The zero-order valence-electron chi connectivity index (χ0n) is 7.73. The molecule has 0 heterocycles. The van der Waals surface area contributed by atoms with Crippen molar-refractivity contribution in [1.29, 1.82) is 0 Å². The zero-order chi connectivity index (χ0) is 8.91. The molecule has 0 fully saturated rings. The molecular weight excluding hydrogens is 159 g/mol. The molecule has 1 atom stereocenters. The quantitative estimate of drug-likeness (QED) is 0.507. The van der Waals surface area contributed by atoms with Crippen molar-refractivity contribution < 1.29 is 9.21 Å². The SMILES string of the molecule is CCC(O)CCC[Si](C)(C)F. The molecule has 0 aromatic carbocycles. The summed E-state index contributed by atoms with van der Waals surface area (Å²) in [7, 11) is -2.35. The molecule has 0 rings (SSSR count). The lowest BCUT2D eigenvalue weighted by molar-refractivity contribution is 0.159. The number of hydrogen-bond donors (Lipinski definition) is 1. The minimum atomic E-state index is -2.35. The van der Waals surface area contributed by atoms with Crippen LogP contribution >= 0.6 is 0 Å². The van der Waals surface area contributed by atoms with E-state index in [9.17, 15) is 4.11 Å². The van der Waals surface area contributed by atoms with Crippen molar-refractivity contribution in [1.82, 2.24) is 0 Å². The van der Waals surface area contributed by atoms with Crippen LogP contribution in [0.1, 0.15) is 26.2 Å². The smallest absolute Gasteiger partial charge is 0.240 e. The van der Waals surface area contributed by atoms with E-state index in [1.807, 2.05) is 6.92 Å². The van der Waals surface area contributed by atoms with E-state index in [0.29, 0.717) is 6.04 Å². The molecule has 11 heavy (non-hydrogen) atoms. The first-order chi connectivity index (χ1) is 4.95. The average Bonchev–Trinajstić information content (AvgIpc) is 1.85. The lowest BCUT2D eigenvalue weighted by Gasteiger charge is -2.12. The Balaban J connectivity index is 3.28. The predicted molar refractivity (Wildman–Crippen MR) is 48.9 cm³/mol. The van der Waals surface area contributed by atoms with Gasteiger partial charge in [-0.2, -0.15) is 0 Å². The van der Waals surface area contributed by atoms with Gasteiger partial charge in [-0.25, -0.2) is 0 Å². The Morgan fingerprint density at radius 2 is 2.00 bits per heavy atom. The van der Waals surface area contributed by atoms with Gasteiger partial charge in [0, 0.05) is 0 Å². The van der Waals surface area contributed by atoms with Crippen molar-refractivity contribution in [3.05, 3.63) is 0 Å². The van der Waals surface area contributed by atoms with Crippen LogP contribution in [0.4, 0.5) is 4.11 Å². The lowest BCUT2D eigenvalue weighted by Crippen LogP contribution is -2.18. The van der Waals surface area contributed by atoms with Crippen molar-refractivity contribution in [3.8, 4) is 0 Å². The molecule has 0 aromatic heterocycles. The molecule has 3 heteroatoms. The minimum Gasteiger partial charge on any atom is -0.393 e. The van der Waals surface area contributed by atoms with Gasteiger partial charge in [0.1, 0.15) is 0 Å². The van der Waals surface area contributed by atoms with Crippen molar-refractivity contribution in [2.24, 2.45) is 0 Å². The third kappa shape index (κ3) is 8.01. The Labute approximate surface area is 69.8 Å². The van der Waals surface area contributed by atoms with Crippen LogP contribution in [0, 0.1) is 0 Å². The molecule has 0 radical (unpaired) electrons. The topological polar surface area (TPSA) is 20.2 Å². The van der Waals surface area contributed by atoms with Crippen LogP contribution in [0.5, 0.6) is 0 Å². The molecule has 0 aliphatic rings. The Morgan fingerprint density at radius 3 is 2.36 bits per heavy atom. The molecule has 0 aliphatic carbocycles. The minimum absolute atomic E-state index is 0.216. The van der Waals surface area contributed by atoms with E-state index in [0.717, 1.165) is 19.3 Å². The molecule has 0 aliphatic heterocycles. The van der Waals surface area contributed by atoms with Crippen LogP contribution in [0.3, 0.4) is 0 Å². The molecule has 1 nitrogen and oxygen atoms in total. The van der Waals surface area contributed by atoms with Gasteiger partial charge < -0.3 is 9.21 Å². The summed E-state index contributed by atoms with van der Waals surface area (Å²) in [6.07, 6.45) is 2.17. The van der Waals surface area contributed by atoms with E-state index in [4.69, 9.17) is 5.11 Å². The predicted octanol–water partition coefficient (Wildman–Crippen LogP) is 2.71. The normalized spacial score (nSPS) is 15.0. The molecule has 0 saturated heterocycles. The molecule has 1 unspecified atom stereocenters. The van der Waals surface area contributed by atoms with E-state index < -0.39 is 8.41 Å². The molecule has 0 saturated carbocycles. The third-order valence-corrected chi connectivity index (χ3v) is 3.32. The lowest BCUT2D eigenvalue weighted by atomic mass is 10.2. The highest BCUT2D eigenvalue weighted by molar-refractivity contribution is 6.70. The van der Waals surface area contributed by atoms with Crippen LogP contribution in [0.2, 0.25) is 19.1 Å². The standard InChI is InChI=1S/C8H19FOSi/c1-4-8(10)6-5-7-11(2,3)9/h8,10H,4-7H2,1-3H3. The van der Waals surface area contributed by atoms with Crippen LogP contribution in [0.15, 0.2) is 0 Å². The number of aliphatic hydroxyl groups excluding tert-OH is 1. The molecule has 0 spiro atoms. The van der Waals surface area contributed by atoms with E-state index in [1.165, 1.54) is 0 Å². The summed E-state index contributed by atoms with van der Waals surface area (Å²) >= 11 is 0. The van der Waals surface area contributed by atoms with Gasteiger partial charge in [0.25, 0.3) is 0 Å². The molecule has 0 amide bonds. The summed E-state index contributed by atoms with van der Waals surface area (Å²) in [4.78, 5) is 0. The van der Waals surface area contributed by atoms with E-state index in [-0.39, 0.29) is 6.10 Å². The van der Waals surface area contributed by atoms with Crippen LogP contribution in [0.25, 0.3) is 0 Å². The van der Waals surface area contributed by atoms with Gasteiger partial charge in [-0.15, -0.1) is 0 Å². The fraction of sp³-hybridized carbons (Fsp3) is 1.00. The Morgan fingerprint density at radius 1 is 1.45 bits per heavy atom. The highest BCUT2D eigenvalue weighted by Crippen LogP contribution is 2.15. The summed E-state index contributed by atoms with van der Waals surface area (Å²) < 4.78 is 13.0. The summed E-state index contributed by atoms with van der Waals surface area (Å²) in [5, 5.41) is 9.15. The average molecular weight is 178 g/mol. The first-order valence-corrected chi connectivity index (χ1v) is 7.41. The van der Waals surface area contributed by atoms with Crippen molar-refractivity contribution in [2.75, 3.05) is 0 Å². The maximum absolute atomic E-state index is 13.0. The van der Waals surface area contributed by atoms with Crippen LogP contribution in [-0.4, -0.2) is 19.6 Å². The maximum Gasteiger partial charge on any atom is 0.240 e. The molecule has 68 valence electrons. The van der Waals surface area contributed by atoms with E-state index >= 15 is 0 Å². The summed E-state index contributed by atoms with van der Waals surface area (Å²) in [5.74, 6) is 0. The van der Waals surface area contributed by atoms with Crippen LogP contribution in [-0.2, 0) is 0 Å². The fourth-order valence-electron chi connectivity index (χ4n) is 0.962. The van der Waals surface area contributed by atoms with Crippen LogP contribution < -0.4 is 0 Å². The second-order valence-electron chi connectivity index (χ2n) is 3.67. The maximum atomic E-state index is 13.0. The fourth-order valence-corrected chi connectivity index (χ4v) is 2.01. The number of aliphatic hydroxyl groups is 1. The molecule has 1 N–H and O–H groups in total. The van der Waals surface area contributed by atoms with E-state index in [1.54, 1.807) is 13.1 Å². The number of halogens is 1. The highest BCUT2D eigenvalue weighted by Gasteiger charge is 2.19.